The summed E-state index contributed by atoms with van der Waals surface area (Å²) in [5, 5.41) is 0.811. The lowest BCUT2D eigenvalue weighted by molar-refractivity contribution is -0.141. The molecule has 0 spiro atoms. The number of esters is 1. The Bertz CT molecular complexity index is 1100. The molecule has 1 aromatic heterocycles. The predicted octanol–water partition coefficient (Wildman–Crippen LogP) is 4.32. The summed E-state index contributed by atoms with van der Waals surface area (Å²) in [5.41, 5.74) is 0.967. The lowest BCUT2D eigenvalue weighted by Crippen LogP contribution is -2.22. The fraction of sp³-hybridized carbons (Fsp3) is 0.211. The van der Waals surface area contributed by atoms with Gasteiger partial charge in [0.2, 0.25) is 0 Å². The van der Waals surface area contributed by atoms with E-state index in [1.165, 1.54) is 18.4 Å². The monoisotopic (exact) mass is 438 g/mol. The van der Waals surface area contributed by atoms with Gasteiger partial charge in [0.15, 0.2) is 4.80 Å². The first-order chi connectivity index (χ1) is 13.4. The number of hydrogen-bond acceptors (Lipinski definition) is 5. The first-order valence-electron chi connectivity index (χ1n) is 8.30. The zero-order chi connectivity index (χ0) is 20.3. The number of methoxy groups -OCH3 is 1. The molecule has 0 fully saturated rings. The third-order valence-electron chi connectivity index (χ3n) is 3.82. The van der Waals surface area contributed by atoms with Crippen molar-refractivity contribution >= 4 is 56.6 Å². The van der Waals surface area contributed by atoms with Gasteiger partial charge in [0.25, 0.3) is 5.91 Å². The molecule has 0 aliphatic rings. The minimum Gasteiger partial charge on any atom is -0.494 e. The summed E-state index contributed by atoms with van der Waals surface area (Å²) in [4.78, 5) is 29.0. The van der Waals surface area contributed by atoms with E-state index in [4.69, 9.17) is 32.7 Å². The molecule has 9 heteroatoms. The quantitative estimate of drug-likeness (QED) is 0.556. The molecule has 0 bridgehead atoms. The number of carbonyl (C=O) groups is 2. The molecule has 0 aliphatic carbocycles. The summed E-state index contributed by atoms with van der Waals surface area (Å²) in [5.74, 6) is -0.265. The van der Waals surface area contributed by atoms with Crippen LogP contribution in [0.25, 0.3) is 10.2 Å². The van der Waals surface area contributed by atoms with Crippen molar-refractivity contribution in [2.45, 2.75) is 13.5 Å². The molecule has 6 nitrogen and oxygen atoms in total. The van der Waals surface area contributed by atoms with Crippen molar-refractivity contribution in [3.05, 3.63) is 56.8 Å². The van der Waals surface area contributed by atoms with E-state index in [2.05, 4.69) is 4.99 Å². The first kappa shape index (κ1) is 20.4. The number of benzene rings is 2. The van der Waals surface area contributed by atoms with Gasteiger partial charge >= 0.3 is 5.97 Å². The molecule has 3 aromatic rings. The average Bonchev–Trinajstić information content (AvgIpc) is 2.99. The molecular formula is C19H16Cl2N2O4S. The lowest BCUT2D eigenvalue weighted by Gasteiger charge is -2.05. The summed E-state index contributed by atoms with van der Waals surface area (Å²) >= 11 is 13.6. The molecule has 146 valence electrons. The van der Waals surface area contributed by atoms with Crippen LogP contribution in [0.1, 0.15) is 17.3 Å². The van der Waals surface area contributed by atoms with Crippen LogP contribution in [0.2, 0.25) is 10.0 Å². The maximum absolute atomic E-state index is 12.6. The molecule has 0 aliphatic heterocycles. The average molecular weight is 439 g/mol. The highest BCUT2D eigenvalue weighted by atomic mass is 35.5. The van der Waals surface area contributed by atoms with E-state index in [-0.39, 0.29) is 6.54 Å². The molecule has 0 saturated carbocycles. The maximum Gasteiger partial charge on any atom is 0.325 e. The van der Waals surface area contributed by atoms with Crippen molar-refractivity contribution in [3.63, 3.8) is 0 Å². The number of hydrogen-bond donors (Lipinski definition) is 0. The largest absolute Gasteiger partial charge is 0.494 e. The molecule has 0 N–H and O–H groups in total. The van der Waals surface area contributed by atoms with Gasteiger partial charge in [0, 0.05) is 10.6 Å². The van der Waals surface area contributed by atoms with Gasteiger partial charge in [-0.25, -0.2) is 0 Å². The molecular weight excluding hydrogens is 423 g/mol. The van der Waals surface area contributed by atoms with Crippen LogP contribution < -0.4 is 9.54 Å². The van der Waals surface area contributed by atoms with Gasteiger partial charge in [0.05, 0.1) is 29.0 Å². The fourth-order valence-corrected chi connectivity index (χ4v) is 4.38. The smallest absolute Gasteiger partial charge is 0.325 e. The second-order valence-corrected chi connectivity index (χ2v) is 7.51. The normalized spacial score (nSPS) is 11.6. The number of rotatable bonds is 5. The molecule has 2 aromatic carbocycles. The summed E-state index contributed by atoms with van der Waals surface area (Å²) in [6, 6.07) is 9.97. The van der Waals surface area contributed by atoms with Gasteiger partial charge in [-0.2, -0.15) is 4.99 Å². The number of amides is 1. The topological polar surface area (TPSA) is 69.9 Å². The van der Waals surface area contributed by atoms with Gasteiger partial charge in [0.1, 0.15) is 12.3 Å². The Morgan fingerprint density at radius 1 is 1.18 bits per heavy atom. The summed E-state index contributed by atoms with van der Waals surface area (Å²) in [6.45, 7) is 2.29. The summed E-state index contributed by atoms with van der Waals surface area (Å²) in [6.07, 6.45) is 0. The van der Waals surface area contributed by atoms with Crippen molar-refractivity contribution in [2.24, 2.45) is 4.99 Å². The third kappa shape index (κ3) is 4.38. The Labute approximate surface area is 174 Å². The fourth-order valence-electron chi connectivity index (χ4n) is 2.57. The number of ether oxygens (including phenoxy) is 2. The second-order valence-electron chi connectivity index (χ2n) is 5.66. The van der Waals surface area contributed by atoms with Gasteiger partial charge in [-0.1, -0.05) is 34.5 Å². The van der Waals surface area contributed by atoms with E-state index in [0.29, 0.717) is 43.0 Å². The molecule has 0 radical (unpaired) electrons. The van der Waals surface area contributed by atoms with E-state index in [1.54, 1.807) is 41.0 Å². The zero-order valence-electron chi connectivity index (χ0n) is 15.1. The Morgan fingerprint density at radius 3 is 2.54 bits per heavy atom. The van der Waals surface area contributed by atoms with Crippen molar-refractivity contribution < 1.29 is 19.1 Å². The third-order valence-corrected chi connectivity index (χ3v) is 5.35. The van der Waals surface area contributed by atoms with E-state index in [0.717, 1.165) is 0 Å². The number of aromatic nitrogens is 1. The summed E-state index contributed by atoms with van der Waals surface area (Å²) < 4.78 is 12.4. The van der Waals surface area contributed by atoms with Crippen molar-refractivity contribution in [2.75, 3.05) is 13.7 Å². The van der Waals surface area contributed by atoms with E-state index in [9.17, 15) is 9.59 Å². The summed E-state index contributed by atoms with van der Waals surface area (Å²) in [7, 11) is 1.29. The predicted molar refractivity (Wildman–Crippen MR) is 109 cm³/mol. The van der Waals surface area contributed by atoms with Gasteiger partial charge in [-0.15, -0.1) is 0 Å². The Morgan fingerprint density at radius 2 is 1.89 bits per heavy atom. The minimum absolute atomic E-state index is 0.132. The van der Waals surface area contributed by atoms with Crippen molar-refractivity contribution in [3.8, 4) is 5.75 Å². The van der Waals surface area contributed by atoms with E-state index >= 15 is 0 Å². The number of halogens is 2. The standard InChI is InChI=1S/C19H16Cl2N2O4S/c1-3-27-13-6-4-11(5-7-13)18(25)22-19-23(10-16(24)26-2)17-14(21)8-12(20)9-15(17)28-19/h4-9H,3,10H2,1-2H3. The molecule has 1 amide bonds. The van der Waals surface area contributed by atoms with Gasteiger partial charge in [-0.3, -0.25) is 9.59 Å². The Kier molecular flexibility index (Phi) is 6.39. The highest BCUT2D eigenvalue weighted by molar-refractivity contribution is 7.16. The van der Waals surface area contributed by atoms with Crippen LogP contribution in [0.15, 0.2) is 41.4 Å². The molecule has 0 saturated heterocycles. The van der Waals surface area contributed by atoms with Crippen molar-refractivity contribution in [1.29, 1.82) is 0 Å². The highest BCUT2D eigenvalue weighted by Crippen LogP contribution is 2.29. The molecule has 1 heterocycles. The first-order valence-corrected chi connectivity index (χ1v) is 9.87. The minimum atomic E-state index is -0.485. The van der Waals surface area contributed by atoms with Crippen LogP contribution in [0.4, 0.5) is 0 Å². The van der Waals surface area contributed by atoms with Gasteiger partial charge < -0.3 is 14.0 Å². The molecule has 28 heavy (non-hydrogen) atoms. The van der Waals surface area contributed by atoms with E-state index in [1.807, 2.05) is 6.92 Å². The highest BCUT2D eigenvalue weighted by Gasteiger charge is 2.15. The van der Waals surface area contributed by atoms with Crippen LogP contribution in [0.5, 0.6) is 5.75 Å². The lowest BCUT2D eigenvalue weighted by atomic mass is 10.2. The van der Waals surface area contributed by atoms with Gasteiger partial charge in [-0.05, 0) is 43.3 Å². The van der Waals surface area contributed by atoms with Crippen LogP contribution in [-0.4, -0.2) is 30.2 Å². The number of nitrogens with zero attached hydrogens (tertiary/aromatic N) is 2. The van der Waals surface area contributed by atoms with Crippen LogP contribution in [-0.2, 0) is 16.1 Å². The number of fused-ring (bicyclic) bond motifs is 1. The molecule has 0 unspecified atom stereocenters. The zero-order valence-corrected chi connectivity index (χ0v) is 17.4. The van der Waals surface area contributed by atoms with E-state index < -0.39 is 11.9 Å². The SMILES string of the molecule is CCOc1ccc(C(=O)N=c2sc3cc(Cl)cc(Cl)c3n2CC(=O)OC)cc1. The second kappa shape index (κ2) is 8.77. The molecule has 3 rings (SSSR count). The van der Waals surface area contributed by atoms with Crippen molar-refractivity contribution in [1.82, 2.24) is 4.57 Å². The van der Waals surface area contributed by atoms with Crippen LogP contribution in [0, 0.1) is 0 Å². The van der Waals surface area contributed by atoms with Crippen LogP contribution in [0.3, 0.4) is 0 Å². The Balaban J connectivity index is 2.09. The van der Waals surface area contributed by atoms with Crippen LogP contribution >= 0.6 is 34.5 Å². The number of carbonyl (C=O) groups excluding carboxylic acids is 2. The molecule has 0 atom stereocenters. The maximum atomic E-state index is 12.6. The number of thiazole rings is 1. The Hall–Kier alpha value is -2.35.